The van der Waals surface area contributed by atoms with Gasteiger partial charge in [0.2, 0.25) is 11.8 Å². The lowest BCUT2D eigenvalue weighted by Crippen LogP contribution is -2.36. The molecule has 0 saturated carbocycles. The summed E-state index contributed by atoms with van der Waals surface area (Å²) in [5.74, 6) is -0.440. The summed E-state index contributed by atoms with van der Waals surface area (Å²) in [4.78, 5) is 22.7. The van der Waals surface area contributed by atoms with Crippen molar-refractivity contribution in [1.82, 2.24) is 4.67 Å². The zero-order valence-electron chi connectivity index (χ0n) is 17.4. The lowest BCUT2D eigenvalue weighted by Gasteiger charge is -2.26. The summed E-state index contributed by atoms with van der Waals surface area (Å²) < 4.78 is 19.3. The third-order valence-corrected chi connectivity index (χ3v) is 5.78. The fraction of sp³-hybridized carbons (Fsp3) is 0.556. The smallest absolute Gasteiger partial charge is 0.341 e. The van der Waals surface area contributed by atoms with Gasteiger partial charge in [0.05, 0.1) is 12.6 Å². The number of primary amides is 1. The lowest BCUT2D eigenvalue weighted by molar-refractivity contribution is -0.119. The first-order valence-electron chi connectivity index (χ1n) is 9.53. The van der Waals surface area contributed by atoms with Crippen LogP contribution < -0.4 is 22.3 Å². The van der Waals surface area contributed by atoms with E-state index in [0.717, 1.165) is 0 Å². The maximum absolute atomic E-state index is 12.5. The van der Waals surface area contributed by atoms with Crippen LogP contribution in [0.3, 0.4) is 0 Å². The summed E-state index contributed by atoms with van der Waals surface area (Å²) in [6, 6.07) is 5.84. The fourth-order valence-corrected chi connectivity index (χ4v) is 4.08. The molecule has 0 spiro atoms. The number of carbonyl (C=O) groups is 2. The van der Waals surface area contributed by atoms with Gasteiger partial charge in [0.25, 0.3) is 0 Å². The maximum Gasteiger partial charge on any atom is 0.341 e. The van der Waals surface area contributed by atoms with Gasteiger partial charge in [-0.05, 0) is 24.1 Å². The Labute approximate surface area is 188 Å². The highest BCUT2D eigenvalue weighted by Gasteiger charge is 2.26. The first-order chi connectivity index (χ1) is 14.2. The number of nitrogens with two attached hydrogens (primary N) is 3. The molecule has 2 atom stereocenters. The van der Waals surface area contributed by atoms with E-state index in [9.17, 15) is 14.2 Å². The number of benzene rings is 1. The molecule has 1 aromatic rings. The van der Waals surface area contributed by atoms with Gasteiger partial charge < -0.3 is 21.3 Å². The average Bonchev–Trinajstić information content (AvgIpc) is 2.72. The molecule has 1 rings (SSSR count). The molecule has 7 N–H and O–H groups in total. The molecular formula is C18H32Cl2N5O4P. The van der Waals surface area contributed by atoms with E-state index < -0.39 is 25.5 Å². The summed E-state index contributed by atoms with van der Waals surface area (Å²) in [6.07, 6.45) is 0.203. The first-order valence-corrected chi connectivity index (χ1v) is 12.3. The normalized spacial score (nSPS) is 13.7. The van der Waals surface area contributed by atoms with Gasteiger partial charge in [-0.2, -0.15) is 0 Å². The first kappa shape index (κ1) is 28.8. The molecule has 30 heavy (non-hydrogen) atoms. The molecule has 12 heteroatoms. The minimum atomic E-state index is -3.52. The highest BCUT2D eigenvalue weighted by molar-refractivity contribution is 7.53. The van der Waals surface area contributed by atoms with Gasteiger partial charge in [0, 0.05) is 37.0 Å². The van der Waals surface area contributed by atoms with Gasteiger partial charge in [0.15, 0.2) is 0 Å². The number of carbonyl (C=O) groups excluding carboxylic acids is 2. The zero-order valence-corrected chi connectivity index (χ0v) is 19.8. The molecule has 1 aromatic carbocycles. The summed E-state index contributed by atoms with van der Waals surface area (Å²) in [7, 11) is -3.52. The number of nitrogens with one attached hydrogen (secondary N) is 1. The second kappa shape index (κ2) is 15.6. The Morgan fingerprint density at radius 1 is 1.17 bits per heavy atom. The van der Waals surface area contributed by atoms with Gasteiger partial charge in [-0.3, -0.25) is 14.2 Å². The van der Waals surface area contributed by atoms with Crippen molar-refractivity contribution in [3.05, 3.63) is 29.8 Å². The van der Waals surface area contributed by atoms with E-state index in [2.05, 4.69) is 5.32 Å². The topological polar surface area (TPSA) is 154 Å². The number of hydrogen-bond donors (Lipinski definition) is 4. The molecule has 0 aliphatic heterocycles. The predicted octanol–water partition coefficient (Wildman–Crippen LogP) is 2.61. The predicted molar refractivity (Wildman–Crippen MR) is 122 cm³/mol. The Morgan fingerprint density at radius 2 is 1.70 bits per heavy atom. The second-order valence-electron chi connectivity index (χ2n) is 5.97. The van der Waals surface area contributed by atoms with Crippen molar-refractivity contribution in [2.75, 3.05) is 30.2 Å². The number of rotatable bonds is 13. The Bertz CT molecular complexity index is 688. The fourth-order valence-electron chi connectivity index (χ4n) is 2.18. The molecule has 0 aliphatic carbocycles. The van der Waals surface area contributed by atoms with Crippen molar-refractivity contribution in [1.29, 1.82) is 0 Å². The number of hydrogen-bond acceptors (Lipinski definition) is 5. The van der Waals surface area contributed by atoms with Crippen molar-refractivity contribution in [2.45, 2.75) is 39.3 Å². The van der Waals surface area contributed by atoms with Gasteiger partial charge in [-0.1, -0.05) is 26.0 Å². The molecule has 0 aliphatic rings. The number of anilines is 1. The minimum Gasteiger partial charge on any atom is -0.370 e. The van der Waals surface area contributed by atoms with Crippen molar-refractivity contribution < 1.29 is 18.7 Å². The molecule has 0 fully saturated rings. The number of nitrogens with zero attached hydrogens (tertiary/aromatic N) is 1. The lowest BCUT2D eigenvalue weighted by atomic mass is 10.1. The van der Waals surface area contributed by atoms with E-state index in [-0.39, 0.29) is 31.2 Å². The minimum absolute atomic E-state index is 0.0151. The Hall–Kier alpha value is -1.19. The van der Waals surface area contributed by atoms with Crippen LogP contribution in [0, 0.1) is 0 Å². The SMILES string of the molecule is CC.NC(=O)CC[C@H](N)C(=O)Nc1ccc(COP(N)(=O)N(CCCl)CCCl)cc1. The third-order valence-electron chi connectivity index (χ3n) is 3.76. The van der Waals surface area contributed by atoms with E-state index in [4.69, 9.17) is 44.7 Å². The molecular weight excluding hydrogens is 452 g/mol. The van der Waals surface area contributed by atoms with Gasteiger partial charge in [0.1, 0.15) is 0 Å². The van der Waals surface area contributed by atoms with E-state index in [1.54, 1.807) is 24.3 Å². The van der Waals surface area contributed by atoms with Crippen molar-refractivity contribution in [3.63, 3.8) is 0 Å². The van der Waals surface area contributed by atoms with Gasteiger partial charge in [-0.25, -0.2) is 10.2 Å². The average molecular weight is 484 g/mol. The summed E-state index contributed by atoms with van der Waals surface area (Å²) in [5.41, 5.74) is 17.8. The zero-order chi connectivity index (χ0) is 23.2. The number of amides is 2. The molecule has 2 amide bonds. The molecule has 9 nitrogen and oxygen atoms in total. The standard InChI is InChI=1S/C16H26Cl2N5O4P.C2H6/c17-7-9-23(10-8-18)28(21,26)27-11-12-1-3-13(4-2-12)22-16(25)14(19)5-6-15(20)24;1-2/h1-4,14H,5-11,19H2,(H2,20,24)(H2,21,26)(H,22,25);1-2H3/t14-,28?;/m0./s1. The monoisotopic (exact) mass is 483 g/mol. The van der Waals surface area contributed by atoms with Crippen LogP contribution in [0.1, 0.15) is 32.3 Å². The molecule has 0 bridgehead atoms. The van der Waals surface area contributed by atoms with E-state index in [1.807, 2.05) is 13.8 Å². The van der Waals surface area contributed by atoms with E-state index in [0.29, 0.717) is 24.3 Å². The van der Waals surface area contributed by atoms with Crippen molar-refractivity contribution in [2.24, 2.45) is 17.0 Å². The Kier molecular flexibility index (Phi) is 15.0. The Balaban J connectivity index is 0.00000407. The van der Waals surface area contributed by atoms with E-state index in [1.165, 1.54) is 4.67 Å². The number of halogens is 2. The molecule has 0 saturated heterocycles. The molecule has 0 aromatic heterocycles. The third kappa shape index (κ3) is 11.3. The highest BCUT2D eigenvalue weighted by atomic mass is 35.5. The van der Waals surface area contributed by atoms with Gasteiger partial charge in [-0.15, -0.1) is 23.2 Å². The van der Waals surface area contributed by atoms with Crippen LogP contribution in [-0.4, -0.2) is 47.4 Å². The van der Waals surface area contributed by atoms with Crippen LogP contribution in [-0.2, 0) is 25.3 Å². The van der Waals surface area contributed by atoms with E-state index >= 15 is 0 Å². The Morgan fingerprint density at radius 3 is 2.17 bits per heavy atom. The van der Waals surface area contributed by atoms with Crippen LogP contribution in [0.2, 0.25) is 0 Å². The van der Waals surface area contributed by atoms with Crippen molar-refractivity contribution >= 4 is 48.4 Å². The number of alkyl halides is 2. The van der Waals surface area contributed by atoms with Gasteiger partial charge >= 0.3 is 7.67 Å². The highest BCUT2D eigenvalue weighted by Crippen LogP contribution is 2.43. The summed E-state index contributed by atoms with van der Waals surface area (Å²) in [6.45, 7) is 4.60. The molecule has 0 heterocycles. The molecule has 0 radical (unpaired) electrons. The molecule has 172 valence electrons. The van der Waals surface area contributed by atoms with Crippen LogP contribution in [0.25, 0.3) is 0 Å². The summed E-state index contributed by atoms with van der Waals surface area (Å²) in [5, 5.41) is 2.64. The summed E-state index contributed by atoms with van der Waals surface area (Å²) >= 11 is 11.4. The quantitative estimate of drug-likeness (QED) is 0.248. The maximum atomic E-state index is 12.5. The molecule has 1 unspecified atom stereocenters. The van der Waals surface area contributed by atoms with Crippen LogP contribution in [0.15, 0.2) is 24.3 Å². The largest absolute Gasteiger partial charge is 0.370 e. The van der Waals surface area contributed by atoms with Crippen LogP contribution in [0.4, 0.5) is 5.69 Å². The van der Waals surface area contributed by atoms with Crippen LogP contribution >= 0.6 is 30.9 Å². The van der Waals surface area contributed by atoms with Crippen molar-refractivity contribution in [3.8, 4) is 0 Å². The second-order valence-corrected chi connectivity index (χ2v) is 8.67. The van der Waals surface area contributed by atoms with Crippen LogP contribution in [0.5, 0.6) is 0 Å².